The first-order valence-corrected chi connectivity index (χ1v) is 12.9. The molecule has 2 saturated heterocycles. The van der Waals surface area contributed by atoms with E-state index in [4.69, 9.17) is 28.1 Å². The number of hydrogen-bond donors (Lipinski definition) is 1. The van der Waals surface area contributed by atoms with Crippen LogP contribution in [0.3, 0.4) is 0 Å². The minimum atomic E-state index is -0.452. The van der Waals surface area contributed by atoms with Crippen molar-refractivity contribution in [2.45, 2.75) is 37.8 Å². The number of fused-ring (bicyclic) bond motifs is 1. The van der Waals surface area contributed by atoms with E-state index in [2.05, 4.69) is 15.1 Å². The first-order valence-electron chi connectivity index (χ1n) is 12.5. The van der Waals surface area contributed by atoms with Crippen molar-refractivity contribution in [1.29, 1.82) is 0 Å². The van der Waals surface area contributed by atoms with Crippen molar-refractivity contribution in [1.82, 2.24) is 20.2 Å². The average Bonchev–Trinajstić information content (AvgIpc) is 3.46. The van der Waals surface area contributed by atoms with Gasteiger partial charge in [-0.25, -0.2) is 14.2 Å². The molecule has 3 aromatic rings. The second kappa shape index (κ2) is 10.5. The molecule has 8 nitrogen and oxygen atoms in total. The Morgan fingerprint density at radius 2 is 1.95 bits per heavy atom. The number of rotatable bonds is 5. The number of likely N-dealkylation sites (N-methyl/N-ethyl adjacent to an activating group) is 1. The van der Waals surface area contributed by atoms with E-state index >= 15 is 0 Å². The number of hydrogen-bond acceptors (Lipinski definition) is 6. The van der Waals surface area contributed by atoms with Gasteiger partial charge in [0.15, 0.2) is 5.69 Å². The van der Waals surface area contributed by atoms with Crippen LogP contribution in [0.1, 0.15) is 25.7 Å². The van der Waals surface area contributed by atoms with Crippen LogP contribution in [-0.2, 0) is 4.79 Å². The molecule has 0 aliphatic carbocycles. The number of nitrogens with zero attached hydrogens (tertiary/aromatic N) is 6. The van der Waals surface area contributed by atoms with Crippen LogP contribution in [0.15, 0.2) is 36.4 Å². The van der Waals surface area contributed by atoms with Gasteiger partial charge in [-0.1, -0.05) is 23.7 Å². The Morgan fingerprint density at radius 1 is 1.16 bits per heavy atom. The van der Waals surface area contributed by atoms with Gasteiger partial charge in [-0.05, 0) is 56.5 Å². The molecule has 5 rings (SSSR count). The summed E-state index contributed by atoms with van der Waals surface area (Å²) in [5.41, 5.74) is 1.43. The molecule has 0 bridgehead atoms. The minimum Gasteiger partial charge on any atom is -0.341 e. The van der Waals surface area contributed by atoms with E-state index in [1.165, 1.54) is 6.07 Å². The van der Waals surface area contributed by atoms with Crippen LogP contribution in [0.2, 0.25) is 5.02 Å². The Labute approximate surface area is 220 Å². The first-order chi connectivity index (χ1) is 17.9. The van der Waals surface area contributed by atoms with E-state index in [1.54, 1.807) is 42.3 Å². The predicted molar refractivity (Wildman–Crippen MR) is 144 cm³/mol. The van der Waals surface area contributed by atoms with Crippen molar-refractivity contribution < 1.29 is 9.18 Å². The van der Waals surface area contributed by atoms with Crippen molar-refractivity contribution >= 4 is 51.6 Å². The van der Waals surface area contributed by atoms with Gasteiger partial charge in [0.25, 0.3) is 0 Å². The molecule has 2 aliphatic heterocycles. The maximum Gasteiger partial charge on any atom is 0.239 e. The molecule has 2 fully saturated rings. The molecule has 2 aromatic carbocycles. The molecule has 1 amide bonds. The topological polar surface area (TPSA) is 69.0 Å². The number of halogens is 2. The summed E-state index contributed by atoms with van der Waals surface area (Å²) in [6, 6.07) is 9.87. The van der Waals surface area contributed by atoms with Crippen LogP contribution in [0.5, 0.6) is 0 Å². The van der Waals surface area contributed by atoms with Gasteiger partial charge in [0.05, 0.1) is 23.8 Å². The molecule has 2 aliphatic rings. The molecule has 37 heavy (non-hydrogen) atoms. The predicted octanol–water partition coefficient (Wildman–Crippen LogP) is 4.92. The van der Waals surface area contributed by atoms with Crippen LogP contribution >= 0.6 is 11.6 Å². The average molecular weight is 522 g/mol. The van der Waals surface area contributed by atoms with Crippen molar-refractivity contribution in [3.63, 3.8) is 0 Å². The summed E-state index contributed by atoms with van der Waals surface area (Å²) >= 11 is 5.97. The van der Waals surface area contributed by atoms with Gasteiger partial charge in [0, 0.05) is 43.6 Å². The van der Waals surface area contributed by atoms with Crippen LogP contribution in [-0.4, -0.2) is 66.6 Å². The lowest BCUT2D eigenvalue weighted by atomic mass is 10.0. The SMILES string of the molecule is [C-]#[N+]c1ccc2c(N(C)c3ccc(Cl)cc3F)nc(N3CCC(N(C)C(=O)C4CCCN4)CC3)nc2c1. The smallest absolute Gasteiger partial charge is 0.239 e. The maximum absolute atomic E-state index is 14.8. The lowest BCUT2D eigenvalue weighted by molar-refractivity contribution is -0.134. The summed E-state index contributed by atoms with van der Waals surface area (Å²) in [6.45, 7) is 9.68. The third-order valence-corrected chi connectivity index (χ3v) is 7.60. The highest BCUT2D eigenvalue weighted by atomic mass is 35.5. The van der Waals surface area contributed by atoms with Crippen LogP contribution < -0.4 is 15.1 Å². The van der Waals surface area contributed by atoms with Crippen molar-refractivity contribution in [2.24, 2.45) is 0 Å². The minimum absolute atomic E-state index is 0.0742. The lowest BCUT2D eigenvalue weighted by Crippen LogP contribution is -2.50. The number of nitrogens with one attached hydrogen (secondary N) is 1. The fourth-order valence-corrected chi connectivity index (χ4v) is 5.36. The zero-order valence-corrected chi connectivity index (χ0v) is 21.7. The molecule has 0 saturated carbocycles. The van der Waals surface area contributed by atoms with E-state index in [0.717, 1.165) is 37.6 Å². The van der Waals surface area contributed by atoms with Crippen molar-refractivity contribution in [3.8, 4) is 0 Å². The number of anilines is 3. The molecule has 0 radical (unpaired) electrons. The maximum atomic E-state index is 14.8. The Kier molecular flexibility index (Phi) is 7.13. The molecule has 10 heteroatoms. The molecule has 1 atom stereocenters. The molecular formula is C27H29ClFN7O. The monoisotopic (exact) mass is 521 g/mol. The highest BCUT2D eigenvalue weighted by Gasteiger charge is 2.32. The third-order valence-electron chi connectivity index (χ3n) is 7.37. The molecule has 0 spiro atoms. The normalized spacial score (nSPS) is 18.1. The Hall–Kier alpha value is -3.48. The van der Waals surface area contributed by atoms with Crippen molar-refractivity contribution in [3.05, 3.63) is 58.7 Å². The Bertz CT molecular complexity index is 1360. The zero-order valence-electron chi connectivity index (χ0n) is 20.9. The number of amides is 1. The van der Waals surface area contributed by atoms with Crippen molar-refractivity contribution in [2.75, 3.05) is 43.5 Å². The van der Waals surface area contributed by atoms with E-state index in [9.17, 15) is 9.18 Å². The van der Waals surface area contributed by atoms with Gasteiger partial charge < -0.3 is 20.0 Å². The number of benzene rings is 2. The second-order valence-electron chi connectivity index (χ2n) is 9.63. The summed E-state index contributed by atoms with van der Waals surface area (Å²) in [6.07, 6.45) is 3.53. The molecule has 1 unspecified atom stereocenters. The van der Waals surface area contributed by atoms with Gasteiger partial charge in [0.1, 0.15) is 11.6 Å². The molecular weight excluding hydrogens is 493 g/mol. The molecule has 1 N–H and O–H groups in total. The molecule has 192 valence electrons. The number of carbonyl (C=O) groups excluding carboxylic acids is 1. The quantitative estimate of drug-likeness (QED) is 0.481. The standard InChI is InChI=1S/C27H29ClFN7O/c1-30-18-7-8-20-23(16-18)32-27(33-25(20)35(3)24-9-6-17(28)15-21(24)29)36-13-10-19(11-14-36)34(2)26(37)22-5-4-12-31-22/h6-9,15-16,19,22,31H,4-5,10-14H2,2-3H3. The van der Waals surface area contributed by atoms with Gasteiger partial charge in [-0.2, -0.15) is 4.98 Å². The summed E-state index contributed by atoms with van der Waals surface area (Å²) in [7, 11) is 3.65. The Balaban J connectivity index is 1.43. The van der Waals surface area contributed by atoms with E-state index in [0.29, 0.717) is 46.8 Å². The van der Waals surface area contributed by atoms with E-state index < -0.39 is 5.82 Å². The van der Waals surface area contributed by atoms with Gasteiger partial charge in [0.2, 0.25) is 11.9 Å². The zero-order chi connectivity index (χ0) is 26.1. The summed E-state index contributed by atoms with van der Waals surface area (Å²) in [5, 5.41) is 4.33. The Morgan fingerprint density at radius 3 is 2.62 bits per heavy atom. The number of aromatic nitrogens is 2. The van der Waals surface area contributed by atoms with Crippen LogP contribution in [0.4, 0.5) is 27.5 Å². The van der Waals surface area contributed by atoms with Crippen LogP contribution in [0, 0.1) is 12.4 Å². The summed E-state index contributed by atoms with van der Waals surface area (Å²) < 4.78 is 14.8. The second-order valence-corrected chi connectivity index (χ2v) is 10.1. The summed E-state index contributed by atoms with van der Waals surface area (Å²) in [5.74, 6) is 0.778. The van der Waals surface area contributed by atoms with E-state index in [1.807, 2.05) is 11.9 Å². The molecule has 3 heterocycles. The summed E-state index contributed by atoms with van der Waals surface area (Å²) in [4.78, 5) is 31.7. The van der Waals surface area contributed by atoms with Crippen LogP contribution in [0.25, 0.3) is 15.7 Å². The number of carbonyl (C=O) groups is 1. The van der Waals surface area contributed by atoms with Gasteiger partial charge in [-0.15, -0.1) is 0 Å². The largest absolute Gasteiger partial charge is 0.341 e. The number of piperidine rings is 1. The first kappa shape index (κ1) is 25.2. The van der Waals surface area contributed by atoms with Gasteiger partial charge >= 0.3 is 0 Å². The van der Waals surface area contributed by atoms with Gasteiger partial charge in [-0.3, -0.25) is 4.79 Å². The highest BCUT2D eigenvalue weighted by Crippen LogP contribution is 2.35. The lowest BCUT2D eigenvalue weighted by Gasteiger charge is -2.38. The highest BCUT2D eigenvalue weighted by molar-refractivity contribution is 6.30. The fraction of sp³-hybridized carbons (Fsp3) is 0.407. The third kappa shape index (κ3) is 5.04. The molecule has 1 aromatic heterocycles. The fourth-order valence-electron chi connectivity index (χ4n) is 5.20. The van der Waals surface area contributed by atoms with E-state index in [-0.39, 0.29) is 18.0 Å².